The van der Waals surface area contributed by atoms with E-state index in [-0.39, 0.29) is 17.8 Å². The van der Waals surface area contributed by atoms with E-state index in [4.69, 9.17) is 4.74 Å². The third-order valence-electron chi connectivity index (χ3n) is 5.26. The predicted molar refractivity (Wildman–Crippen MR) is 119 cm³/mol. The molecule has 4 rings (SSSR count). The Morgan fingerprint density at radius 3 is 2.39 bits per heavy atom. The Morgan fingerprint density at radius 2 is 1.68 bits per heavy atom. The lowest BCUT2D eigenvalue weighted by Crippen LogP contribution is -2.31. The molecule has 3 aromatic rings. The number of ketones is 1. The van der Waals surface area contributed by atoms with Gasteiger partial charge in [0.05, 0.1) is 11.6 Å². The van der Waals surface area contributed by atoms with Gasteiger partial charge in [0.1, 0.15) is 11.5 Å². The second-order valence-corrected chi connectivity index (χ2v) is 7.44. The quantitative estimate of drug-likeness (QED) is 0.566. The number of benzene rings is 3. The van der Waals surface area contributed by atoms with E-state index < -0.39 is 17.7 Å². The monoisotopic (exact) mass is 413 g/mol. The number of anilines is 1. The Labute approximate surface area is 181 Å². The maximum absolute atomic E-state index is 13.0. The molecule has 5 heteroatoms. The Bertz CT molecular complexity index is 1170. The first-order valence-corrected chi connectivity index (χ1v) is 10.2. The van der Waals surface area contributed by atoms with Gasteiger partial charge in [-0.3, -0.25) is 14.5 Å². The van der Waals surface area contributed by atoms with Crippen LogP contribution in [-0.2, 0) is 9.59 Å². The molecule has 1 amide bonds. The van der Waals surface area contributed by atoms with Gasteiger partial charge in [-0.15, -0.1) is 0 Å². The van der Waals surface area contributed by atoms with Crippen molar-refractivity contribution in [2.24, 2.45) is 0 Å². The molecular weight excluding hydrogens is 390 g/mol. The van der Waals surface area contributed by atoms with Gasteiger partial charge in [0.25, 0.3) is 5.91 Å². The number of Topliss-reactive ketones (excluding diaryl/α,β-unsaturated/α-hetero) is 1. The number of aliphatic hydroxyl groups excluding tert-OH is 1. The second-order valence-electron chi connectivity index (χ2n) is 7.44. The zero-order valence-corrected chi connectivity index (χ0v) is 17.4. The first kappa shape index (κ1) is 20.4. The standard InChI is InChI=1S/C26H23NO4/c1-3-22(28)23-24(27(26(30)25(23)29)19-11-7-9-17(2)15-19)18-10-8-14-21(16-18)31-20-12-5-4-6-13-20/h4-16,24,29H,3H2,1-2H3. The first-order valence-electron chi connectivity index (χ1n) is 10.2. The number of carbonyl (C=O) groups is 2. The minimum Gasteiger partial charge on any atom is -0.503 e. The van der Waals surface area contributed by atoms with Crippen molar-refractivity contribution in [3.63, 3.8) is 0 Å². The molecule has 3 aromatic carbocycles. The molecule has 0 spiro atoms. The van der Waals surface area contributed by atoms with Crippen molar-refractivity contribution < 1.29 is 19.4 Å². The van der Waals surface area contributed by atoms with Gasteiger partial charge in [-0.05, 0) is 54.4 Å². The molecule has 1 atom stereocenters. The second kappa shape index (κ2) is 8.48. The van der Waals surface area contributed by atoms with Gasteiger partial charge in [-0.1, -0.05) is 49.4 Å². The zero-order chi connectivity index (χ0) is 22.0. The van der Waals surface area contributed by atoms with Crippen molar-refractivity contribution in [1.82, 2.24) is 0 Å². The van der Waals surface area contributed by atoms with Crippen LogP contribution in [0.15, 0.2) is 90.2 Å². The van der Waals surface area contributed by atoms with E-state index in [1.165, 1.54) is 4.90 Å². The normalized spacial score (nSPS) is 16.0. The van der Waals surface area contributed by atoms with E-state index in [0.29, 0.717) is 22.7 Å². The van der Waals surface area contributed by atoms with Gasteiger partial charge in [-0.25, -0.2) is 0 Å². The lowest BCUT2D eigenvalue weighted by molar-refractivity contribution is -0.118. The van der Waals surface area contributed by atoms with Crippen LogP contribution >= 0.6 is 0 Å². The van der Waals surface area contributed by atoms with Crippen molar-refractivity contribution in [2.75, 3.05) is 4.90 Å². The van der Waals surface area contributed by atoms with Gasteiger partial charge in [0.15, 0.2) is 11.5 Å². The third kappa shape index (κ3) is 3.94. The smallest absolute Gasteiger partial charge is 0.294 e. The maximum atomic E-state index is 13.0. The first-order chi connectivity index (χ1) is 15.0. The largest absolute Gasteiger partial charge is 0.503 e. The summed E-state index contributed by atoms with van der Waals surface area (Å²) in [5.41, 5.74) is 2.39. The lowest BCUT2D eigenvalue weighted by Gasteiger charge is -2.27. The minimum atomic E-state index is -0.735. The summed E-state index contributed by atoms with van der Waals surface area (Å²) >= 11 is 0. The van der Waals surface area contributed by atoms with Gasteiger partial charge in [0, 0.05) is 12.1 Å². The molecule has 156 valence electrons. The van der Waals surface area contributed by atoms with Crippen LogP contribution in [0.1, 0.15) is 30.5 Å². The van der Waals surface area contributed by atoms with E-state index >= 15 is 0 Å². The summed E-state index contributed by atoms with van der Waals surface area (Å²) in [5.74, 6) is -0.0779. The van der Waals surface area contributed by atoms with Crippen LogP contribution in [0.4, 0.5) is 5.69 Å². The number of aryl methyl sites for hydroxylation is 1. The third-order valence-corrected chi connectivity index (χ3v) is 5.26. The summed E-state index contributed by atoms with van der Waals surface area (Å²) in [6.07, 6.45) is 0.186. The number of amides is 1. The summed E-state index contributed by atoms with van der Waals surface area (Å²) in [6, 6.07) is 23.3. The summed E-state index contributed by atoms with van der Waals surface area (Å²) in [6.45, 7) is 3.65. The highest BCUT2D eigenvalue weighted by molar-refractivity contribution is 6.16. The number of nitrogens with zero attached hydrogens (tertiary/aromatic N) is 1. The van der Waals surface area contributed by atoms with E-state index in [1.807, 2.05) is 73.7 Å². The summed E-state index contributed by atoms with van der Waals surface area (Å²) in [5, 5.41) is 10.6. The predicted octanol–water partition coefficient (Wildman–Crippen LogP) is 5.67. The SMILES string of the molecule is CCC(=O)C1=C(O)C(=O)N(c2cccc(C)c2)C1c1cccc(Oc2ccccc2)c1. The van der Waals surface area contributed by atoms with Crippen LogP contribution in [0, 0.1) is 6.92 Å². The summed E-state index contributed by atoms with van der Waals surface area (Å²) < 4.78 is 5.95. The van der Waals surface area contributed by atoms with Gasteiger partial charge < -0.3 is 9.84 Å². The van der Waals surface area contributed by atoms with Crippen LogP contribution in [-0.4, -0.2) is 16.8 Å². The number of carbonyl (C=O) groups excluding carboxylic acids is 2. The van der Waals surface area contributed by atoms with Gasteiger partial charge in [-0.2, -0.15) is 0 Å². The Morgan fingerprint density at radius 1 is 0.968 bits per heavy atom. The van der Waals surface area contributed by atoms with E-state index in [0.717, 1.165) is 5.56 Å². The molecule has 5 nitrogen and oxygen atoms in total. The molecule has 0 aromatic heterocycles. The molecule has 0 saturated carbocycles. The number of para-hydroxylation sites is 1. The van der Waals surface area contributed by atoms with Crippen molar-refractivity contribution in [3.8, 4) is 11.5 Å². The molecule has 0 saturated heterocycles. The molecule has 0 radical (unpaired) electrons. The Balaban J connectivity index is 1.80. The fraction of sp³-hybridized carbons (Fsp3) is 0.154. The topological polar surface area (TPSA) is 66.8 Å². The molecule has 1 heterocycles. The Kier molecular flexibility index (Phi) is 5.58. The summed E-state index contributed by atoms with van der Waals surface area (Å²) in [4.78, 5) is 27.3. The number of hydrogen-bond acceptors (Lipinski definition) is 4. The molecule has 0 aliphatic carbocycles. The molecule has 1 unspecified atom stereocenters. The lowest BCUT2D eigenvalue weighted by atomic mass is 9.94. The van der Waals surface area contributed by atoms with Crippen molar-refractivity contribution in [3.05, 3.63) is 101 Å². The highest BCUT2D eigenvalue weighted by Crippen LogP contribution is 2.42. The molecule has 1 aliphatic heterocycles. The fourth-order valence-corrected chi connectivity index (χ4v) is 3.81. The molecule has 0 fully saturated rings. The number of ether oxygens (including phenoxy) is 1. The van der Waals surface area contributed by atoms with Crippen LogP contribution in [0.3, 0.4) is 0 Å². The highest BCUT2D eigenvalue weighted by Gasteiger charge is 2.43. The van der Waals surface area contributed by atoms with Crippen LogP contribution in [0.2, 0.25) is 0 Å². The number of hydrogen-bond donors (Lipinski definition) is 1. The van der Waals surface area contributed by atoms with Crippen molar-refractivity contribution in [2.45, 2.75) is 26.3 Å². The zero-order valence-electron chi connectivity index (χ0n) is 17.4. The molecule has 1 aliphatic rings. The van der Waals surface area contributed by atoms with Gasteiger partial charge >= 0.3 is 0 Å². The average Bonchev–Trinajstić information content (AvgIpc) is 3.05. The average molecular weight is 413 g/mol. The minimum absolute atomic E-state index is 0.117. The maximum Gasteiger partial charge on any atom is 0.294 e. The van der Waals surface area contributed by atoms with Gasteiger partial charge in [0.2, 0.25) is 0 Å². The van der Waals surface area contributed by atoms with E-state index in [2.05, 4.69) is 0 Å². The fourth-order valence-electron chi connectivity index (χ4n) is 3.81. The van der Waals surface area contributed by atoms with E-state index in [9.17, 15) is 14.7 Å². The highest BCUT2D eigenvalue weighted by atomic mass is 16.5. The van der Waals surface area contributed by atoms with Crippen LogP contribution in [0.5, 0.6) is 11.5 Å². The molecule has 1 N–H and O–H groups in total. The number of aliphatic hydroxyl groups is 1. The summed E-state index contributed by atoms with van der Waals surface area (Å²) in [7, 11) is 0. The number of rotatable bonds is 6. The van der Waals surface area contributed by atoms with Crippen LogP contribution < -0.4 is 9.64 Å². The molecular formula is C26H23NO4. The molecule has 0 bridgehead atoms. The van der Waals surface area contributed by atoms with Crippen molar-refractivity contribution in [1.29, 1.82) is 0 Å². The van der Waals surface area contributed by atoms with Crippen LogP contribution in [0.25, 0.3) is 0 Å². The van der Waals surface area contributed by atoms with Crippen molar-refractivity contribution >= 4 is 17.4 Å². The molecule has 31 heavy (non-hydrogen) atoms. The van der Waals surface area contributed by atoms with E-state index in [1.54, 1.807) is 19.1 Å². The Hall–Kier alpha value is -3.86.